The molecule has 0 saturated heterocycles. The first-order valence-corrected chi connectivity index (χ1v) is 13.2. The highest BCUT2D eigenvalue weighted by Gasteiger charge is 2.55. The fourth-order valence-electron chi connectivity index (χ4n) is 5.48. The molecule has 4 aromatic carbocycles. The highest BCUT2D eigenvalue weighted by molar-refractivity contribution is 9.10. The molecule has 36 heavy (non-hydrogen) atoms. The molecule has 2 unspecified atom stereocenters. The van der Waals surface area contributed by atoms with Gasteiger partial charge in [-0.2, -0.15) is 0 Å². The first-order valence-electron chi connectivity index (χ1n) is 11.6. The third-order valence-electron chi connectivity index (χ3n) is 6.95. The fourth-order valence-corrected chi connectivity index (χ4v) is 6.74. The maximum atomic E-state index is 13.3. The lowest BCUT2D eigenvalue weighted by Gasteiger charge is -2.49. The second-order valence-electron chi connectivity index (χ2n) is 8.91. The zero-order valence-corrected chi connectivity index (χ0v) is 22.1. The van der Waals surface area contributed by atoms with Gasteiger partial charge in [-0.25, -0.2) is 9.59 Å². The van der Waals surface area contributed by atoms with Crippen LogP contribution >= 0.6 is 31.9 Å². The number of rotatable bonds is 4. The molecule has 0 aliphatic heterocycles. The van der Waals surface area contributed by atoms with Crippen LogP contribution in [0.2, 0.25) is 0 Å². The lowest BCUT2D eigenvalue weighted by Crippen LogP contribution is -2.51. The molecule has 178 valence electrons. The van der Waals surface area contributed by atoms with Crippen LogP contribution in [0.3, 0.4) is 0 Å². The van der Waals surface area contributed by atoms with E-state index in [2.05, 4.69) is 44.0 Å². The van der Waals surface area contributed by atoms with Crippen molar-refractivity contribution in [2.45, 2.75) is 24.0 Å². The Bertz CT molecular complexity index is 1420. The normalized spacial score (nSPS) is 21.3. The van der Waals surface area contributed by atoms with Gasteiger partial charge in [0.1, 0.15) is 0 Å². The zero-order chi connectivity index (χ0) is 24.8. The van der Waals surface area contributed by atoms with Crippen LogP contribution in [0, 0.1) is 0 Å². The Balaban J connectivity index is 1.51. The summed E-state index contributed by atoms with van der Waals surface area (Å²) in [6.45, 7) is 0. The molecule has 0 spiro atoms. The van der Waals surface area contributed by atoms with Crippen LogP contribution in [0.25, 0.3) is 0 Å². The molecular weight excluding hydrogens is 584 g/mol. The number of esters is 2. The fraction of sp³-hybridized carbons (Fsp3) is 0.133. The van der Waals surface area contributed by atoms with Crippen molar-refractivity contribution in [3.05, 3.63) is 139 Å². The number of benzene rings is 4. The first kappa shape index (κ1) is 23.2. The predicted molar refractivity (Wildman–Crippen MR) is 143 cm³/mol. The van der Waals surface area contributed by atoms with Gasteiger partial charge in [-0.1, -0.05) is 92.5 Å². The van der Waals surface area contributed by atoms with Gasteiger partial charge in [0.15, 0.2) is 12.2 Å². The smallest absolute Gasteiger partial charge is 0.338 e. The average molecular weight is 604 g/mol. The molecule has 0 N–H and O–H groups in total. The maximum Gasteiger partial charge on any atom is 0.338 e. The van der Waals surface area contributed by atoms with Gasteiger partial charge in [0.2, 0.25) is 0 Å². The standard InChI is InChI=1S/C30H20Br2O4/c31-21-15-7-13-19-23-20-14-8-16-22(32)25(20)26(24(19)21)28(36-30(34)18-11-5-2-6-12-18)27(23)35-29(33)17-9-3-1-4-10-17/h1-16,23,26-28H. The van der Waals surface area contributed by atoms with E-state index in [1.54, 1.807) is 48.5 Å². The summed E-state index contributed by atoms with van der Waals surface area (Å²) in [5.74, 6) is -1.51. The van der Waals surface area contributed by atoms with Gasteiger partial charge in [0.05, 0.1) is 23.0 Å². The third-order valence-corrected chi connectivity index (χ3v) is 8.33. The van der Waals surface area contributed by atoms with E-state index in [9.17, 15) is 9.59 Å². The van der Waals surface area contributed by atoms with E-state index < -0.39 is 24.1 Å². The third kappa shape index (κ3) is 3.80. The highest BCUT2D eigenvalue weighted by Crippen LogP contribution is 2.58. The number of fused-ring (bicyclic) bond motifs is 1. The van der Waals surface area contributed by atoms with Crippen molar-refractivity contribution < 1.29 is 19.1 Å². The Kier molecular flexibility index (Phi) is 6.02. The van der Waals surface area contributed by atoms with Gasteiger partial charge in [0.25, 0.3) is 0 Å². The van der Waals surface area contributed by atoms with E-state index in [1.807, 2.05) is 36.4 Å². The summed E-state index contributed by atoms with van der Waals surface area (Å²) < 4.78 is 14.3. The van der Waals surface area contributed by atoms with Crippen molar-refractivity contribution in [1.29, 1.82) is 0 Å². The molecule has 4 nitrogen and oxygen atoms in total. The van der Waals surface area contributed by atoms with Crippen LogP contribution in [-0.2, 0) is 9.47 Å². The minimum atomic E-state index is -0.715. The van der Waals surface area contributed by atoms with Crippen molar-refractivity contribution in [2.75, 3.05) is 0 Å². The summed E-state index contributed by atoms with van der Waals surface area (Å²) in [6.07, 6.45) is -1.41. The Morgan fingerprint density at radius 2 is 0.944 bits per heavy atom. The van der Waals surface area contributed by atoms with E-state index >= 15 is 0 Å². The monoisotopic (exact) mass is 602 g/mol. The lowest BCUT2D eigenvalue weighted by molar-refractivity contribution is -0.0559. The summed E-state index contributed by atoms with van der Waals surface area (Å²) in [6, 6.07) is 29.9. The number of hydrogen-bond donors (Lipinski definition) is 0. The molecule has 0 heterocycles. The predicted octanol–water partition coefficient (Wildman–Crippen LogP) is 7.25. The number of ether oxygens (including phenoxy) is 2. The topological polar surface area (TPSA) is 52.6 Å². The van der Waals surface area contributed by atoms with Crippen LogP contribution in [0.1, 0.15) is 54.8 Å². The molecule has 7 rings (SSSR count). The van der Waals surface area contributed by atoms with Gasteiger partial charge in [-0.3, -0.25) is 0 Å². The first-order chi connectivity index (χ1) is 17.5. The van der Waals surface area contributed by atoms with Gasteiger partial charge < -0.3 is 9.47 Å². The van der Waals surface area contributed by atoms with Gasteiger partial charge in [-0.15, -0.1) is 0 Å². The SMILES string of the molecule is O=C(OC1C2c3cccc(Br)c3C(c3c(Br)cccc32)C1OC(=O)c1ccccc1)c1ccccc1. The Morgan fingerprint density at radius 3 is 1.39 bits per heavy atom. The maximum absolute atomic E-state index is 13.3. The quantitative estimate of drug-likeness (QED) is 0.231. The van der Waals surface area contributed by atoms with E-state index in [0.717, 1.165) is 31.2 Å². The van der Waals surface area contributed by atoms with Crippen molar-refractivity contribution in [2.24, 2.45) is 0 Å². The van der Waals surface area contributed by atoms with Crippen molar-refractivity contribution >= 4 is 43.8 Å². The van der Waals surface area contributed by atoms with Gasteiger partial charge in [-0.05, 0) is 58.7 Å². The molecule has 0 aromatic heterocycles. The summed E-state index contributed by atoms with van der Waals surface area (Å²) in [7, 11) is 0. The van der Waals surface area contributed by atoms with Crippen molar-refractivity contribution in [1.82, 2.24) is 0 Å². The highest BCUT2D eigenvalue weighted by atomic mass is 79.9. The van der Waals surface area contributed by atoms with Crippen LogP contribution < -0.4 is 0 Å². The van der Waals surface area contributed by atoms with Crippen molar-refractivity contribution in [3.8, 4) is 0 Å². The Hall–Kier alpha value is -3.22. The second kappa shape index (κ2) is 9.34. The molecule has 4 aromatic rings. The molecule has 3 aliphatic carbocycles. The largest absolute Gasteiger partial charge is 0.454 e. The zero-order valence-electron chi connectivity index (χ0n) is 18.9. The molecule has 0 radical (unpaired) electrons. The molecule has 2 atom stereocenters. The van der Waals surface area contributed by atoms with Crippen LogP contribution in [0.15, 0.2) is 106 Å². The van der Waals surface area contributed by atoms with Gasteiger partial charge >= 0.3 is 11.9 Å². The number of hydrogen-bond acceptors (Lipinski definition) is 4. The molecular formula is C30H20Br2O4. The van der Waals surface area contributed by atoms with E-state index in [1.165, 1.54) is 0 Å². The molecule has 2 bridgehead atoms. The van der Waals surface area contributed by atoms with E-state index in [4.69, 9.17) is 9.47 Å². The van der Waals surface area contributed by atoms with Crippen LogP contribution in [0.4, 0.5) is 0 Å². The van der Waals surface area contributed by atoms with Crippen LogP contribution in [-0.4, -0.2) is 24.1 Å². The molecule has 0 saturated carbocycles. The Labute approximate surface area is 225 Å². The molecule has 0 fully saturated rings. The molecule has 0 amide bonds. The second-order valence-corrected chi connectivity index (χ2v) is 10.6. The summed E-state index contributed by atoms with van der Waals surface area (Å²) >= 11 is 7.49. The number of halogens is 2. The molecule has 6 heteroatoms. The van der Waals surface area contributed by atoms with Crippen LogP contribution in [0.5, 0.6) is 0 Å². The minimum absolute atomic E-state index is 0.295. The van der Waals surface area contributed by atoms with E-state index in [-0.39, 0.29) is 11.8 Å². The van der Waals surface area contributed by atoms with Gasteiger partial charge in [0, 0.05) is 8.95 Å². The lowest BCUT2D eigenvalue weighted by atomic mass is 9.61. The summed E-state index contributed by atoms with van der Waals surface area (Å²) in [5, 5.41) is 0. The van der Waals surface area contributed by atoms with E-state index in [0.29, 0.717) is 11.1 Å². The summed E-state index contributed by atoms with van der Waals surface area (Å²) in [4.78, 5) is 26.6. The average Bonchev–Trinajstić information content (AvgIpc) is 2.91. The molecule has 3 aliphatic rings. The number of carbonyl (C=O) groups excluding carboxylic acids is 2. The minimum Gasteiger partial charge on any atom is -0.454 e. The van der Waals surface area contributed by atoms with Crippen molar-refractivity contribution in [3.63, 3.8) is 0 Å². The summed E-state index contributed by atoms with van der Waals surface area (Å²) in [5.41, 5.74) is 5.15. The Morgan fingerprint density at radius 1 is 0.528 bits per heavy atom. The number of carbonyl (C=O) groups is 2.